The fraction of sp³-hybridized carbons (Fsp3) is 0.333. The Morgan fingerprint density at radius 1 is 1.07 bits per heavy atom. The van der Waals surface area contributed by atoms with Gasteiger partial charge in [-0.25, -0.2) is 0 Å². The summed E-state index contributed by atoms with van der Waals surface area (Å²) in [5.41, 5.74) is 0. The van der Waals surface area contributed by atoms with Crippen LogP contribution in [0, 0.1) is 0 Å². The summed E-state index contributed by atoms with van der Waals surface area (Å²) < 4.78 is 28.4. The standard InChI is InChI=1S/C9H14O3SSi/c1-14(2,3)12-13(10,11)9-7-5-4-6-8-9/h4-8H,1-3H3. The van der Waals surface area contributed by atoms with E-state index in [1.165, 1.54) is 12.1 Å². The normalized spacial score (nSPS) is 12.8. The summed E-state index contributed by atoms with van der Waals surface area (Å²) >= 11 is 0. The molecule has 0 spiro atoms. The van der Waals surface area contributed by atoms with Gasteiger partial charge in [0.15, 0.2) is 0 Å². The zero-order valence-electron chi connectivity index (χ0n) is 8.52. The minimum Gasteiger partial charge on any atom is -0.312 e. The van der Waals surface area contributed by atoms with Crippen molar-refractivity contribution in [3.05, 3.63) is 30.3 Å². The average Bonchev–Trinajstić information content (AvgIpc) is 2.01. The molecule has 0 saturated heterocycles. The van der Waals surface area contributed by atoms with E-state index in [9.17, 15) is 8.42 Å². The number of benzene rings is 1. The fourth-order valence-electron chi connectivity index (χ4n) is 0.964. The molecule has 14 heavy (non-hydrogen) atoms. The van der Waals surface area contributed by atoms with E-state index in [4.69, 9.17) is 3.87 Å². The third-order valence-electron chi connectivity index (χ3n) is 1.39. The highest BCUT2D eigenvalue weighted by atomic mass is 32.2. The van der Waals surface area contributed by atoms with Gasteiger partial charge in [-0.05, 0) is 31.8 Å². The van der Waals surface area contributed by atoms with Crippen molar-refractivity contribution in [1.82, 2.24) is 0 Å². The van der Waals surface area contributed by atoms with Gasteiger partial charge in [0.05, 0.1) is 4.90 Å². The van der Waals surface area contributed by atoms with E-state index in [1.807, 2.05) is 19.6 Å². The Kier molecular flexibility index (Phi) is 3.13. The van der Waals surface area contributed by atoms with Gasteiger partial charge in [0, 0.05) is 0 Å². The third kappa shape index (κ3) is 3.25. The summed E-state index contributed by atoms with van der Waals surface area (Å²) in [7, 11) is -5.62. The highest BCUT2D eigenvalue weighted by Crippen LogP contribution is 2.16. The molecule has 0 aromatic heterocycles. The van der Waals surface area contributed by atoms with Crippen LogP contribution in [-0.2, 0) is 14.0 Å². The predicted octanol–water partition coefficient (Wildman–Crippen LogP) is 2.23. The molecule has 1 aromatic carbocycles. The molecular formula is C9H14O3SSi. The van der Waals surface area contributed by atoms with Gasteiger partial charge >= 0.3 is 0 Å². The van der Waals surface area contributed by atoms with Gasteiger partial charge in [-0.15, -0.1) is 0 Å². The summed E-state index contributed by atoms with van der Waals surface area (Å²) in [5.74, 6) is 0. The van der Waals surface area contributed by atoms with Gasteiger partial charge in [-0.1, -0.05) is 18.2 Å². The maximum absolute atomic E-state index is 11.7. The van der Waals surface area contributed by atoms with Crippen molar-refractivity contribution in [3.8, 4) is 0 Å². The van der Waals surface area contributed by atoms with Crippen LogP contribution in [0.15, 0.2) is 35.2 Å². The Bertz CT molecular complexity index is 392. The highest BCUT2D eigenvalue weighted by molar-refractivity contribution is 7.87. The highest BCUT2D eigenvalue weighted by Gasteiger charge is 2.25. The smallest absolute Gasteiger partial charge is 0.287 e. The van der Waals surface area contributed by atoms with Gasteiger partial charge in [0.1, 0.15) is 0 Å². The maximum atomic E-state index is 11.7. The van der Waals surface area contributed by atoms with E-state index in [-0.39, 0.29) is 4.90 Å². The Morgan fingerprint density at radius 3 is 2.00 bits per heavy atom. The fourth-order valence-corrected chi connectivity index (χ4v) is 4.47. The van der Waals surface area contributed by atoms with Crippen molar-refractivity contribution >= 4 is 18.4 Å². The number of hydrogen-bond donors (Lipinski definition) is 0. The van der Waals surface area contributed by atoms with Gasteiger partial charge < -0.3 is 3.87 Å². The van der Waals surface area contributed by atoms with Crippen LogP contribution in [0.1, 0.15) is 0 Å². The van der Waals surface area contributed by atoms with Crippen molar-refractivity contribution in [1.29, 1.82) is 0 Å². The second-order valence-electron chi connectivity index (χ2n) is 3.96. The van der Waals surface area contributed by atoms with E-state index >= 15 is 0 Å². The van der Waals surface area contributed by atoms with Gasteiger partial charge in [-0.2, -0.15) is 8.42 Å². The minimum atomic E-state index is -3.56. The molecule has 5 heteroatoms. The van der Waals surface area contributed by atoms with Crippen LogP contribution in [0.4, 0.5) is 0 Å². The molecule has 1 aromatic rings. The second-order valence-corrected chi connectivity index (χ2v) is 10.2. The first-order chi connectivity index (χ1) is 6.31. The van der Waals surface area contributed by atoms with Crippen molar-refractivity contribution in [2.24, 2.45) is 0 Å². The Labute approximate surface area is 86.0 Å². The second kappa shape index (κ2) is 3.84. The predicted molar refractivity (Wildman–Crippen MR) is 58.1 cm³/mol. The molecule has 0 saturated carbocycles. The van der Waals surface area contributed by atoms with Crippen LogP contribution >= 0.6 is 0 Å². The molecule has 0 radical (unpaired) electrons. The molecule has 0 aliphatic rings. The van der Waals surface area contributed by atoms with E-state index in [0.29, 0.717) is 0 Å². The summed E-state index contributed by atoms with van der Waals surface area (Å²) in [6.45, 7) is 5.52. The lowest BCUT2D eigenvalue weighted by Crippen LogP contribution is -2.29. The zero-order valence-corrected chi connectivity index (χ0v) is 10.3. The number of rotatable bonds is 3. The first-order valence-corrected chi connectivity index (χ1v) is 9.14. The molecule has 3 nitrogen and oxygen atoms in total. The largest absolute Gasteiger partial charge is 0.312 e. The zero-order chi connectivity index (χ0) is 10.8. The van der Waals surface area contributed by atoms with Crippen LogP contribution in [-0.4, -0.2) is 16.7 Å². The molecular weight excluding hydrogens is 216 g/mol. The monoisotopic (exact) mass is 230 g/mol. The first-order valence-electron chi connectivity index (χ1n) is 4.32. The van der Waals surface area contributed by atoms with E-state index in [1.54, 1.807) is 18.2 Å². The summed E-state index contributed by atoms with van der Waals surface area (Å²) in [6, 6.07) is 8.21. The van der Waals surface area contributed by atoms with Crippen molar-refractivity contribution in [2.45, 2.75) is 24.5 Å². The summed E-state index contributed by atoms with van der Waals surface area (Å²) in [5, 5.41) is 0. The van der Waals surface area contributed by atoms with Crippen molar-refractivity contribution in [2.75, 3.05) is 0 Å². The Balaban J connectivity index is 2.99. The minimum absolute atomic E-state index is 0.224. The molecule has 78 valence electrons. The molecule has 0 atom stereocenters. The molecule has 0 unspecified atom stereocenters. The molecule has 0 aliphatic carbocycles. The van der Waals surface area contributed by atoms with Gasteiger partial charge in [0.2, 0.25) is 8.32 Å². The van der Waals surface area contributed by atoms with Crippen LogP contribution in [0.25, 0.3) is 0 Å². The number of hydrogen-bond acceptors (Lipinski definition) is 3. The molecule has 0 aliphatic heterocycles. The first kappa shape index (κ1) is 11.4. The summed E-state index contributed by atoms with van der Waals surface area (Å²) in [4.78, 5) is 0.224. The van der Waals surface area contributed by atoms with Crippen LogP contribution in [0.3, 0.4) is 0 Å². The summed E-state index contributed by atoms with van der Waals surface area (Å²) in [6.07, 6.45) is 0. The quantitative estimate of drug-likeness (QED) is 0.748. The van der Waals surface area contributed by atoms with E-state index < -0.39 is 18.4 Å². The molecule has 0 amide bonds. The lowest BCUT2D eigenvalue weighted by Gasteiger charge is -2.16. The molecule has 1 rings (SSSR count). The molecule has 0 fully saturated rings. The maximum Gasteiger partial charge on any atom is 0.287 e. The van der Waals surface area contributed by atoms with Crippen molar-refractivity contribution < 1.29 is 12.3 Å². The van der Waals surface area contributed by atoms with Crippen LogP contribution in [0.5, 0.6) is 0 Å². The lowest BCUT2D eigenvalue weighted by atomic mass is 10.4. The van der Waals surface area contributed by atoms with Gasteiger partial charge in [0.25, 0.3) is 10.1 Å². The van der Waals surface area contributed by atoms with E-state index in [2.05, 4.69) is 0 Å². The van der Waals surface area contributed by atoms with Gasteiger partial charge in [-0.3, -0.25) is 0 Å². The average molecular weight is 230 g/mol. The molecule has 0 N–H and O–H groups in total. The van der Waals surface area contributed by atoms with Crippen LogP contribution < -0.4 is 0 Å². The topological polar surface area (TPSA) is 43.4 Å². The Morgan fingerprint density at radius 2 is 1.57 bits per heavy atom. The van der Waals surface area contributed by atoms with Crippen molar-refractivity contribution in [3.63, 3.8) is 0 Å². The van der Waals surface area contributed by atoms with Crippen LogP contribution in [0.2, 0.25) is 19.6 Å². The van der Waals surface area contributed by atoms with E-state index in [0.717, 1.165) is 0 Å². The third-order valence-corrected chi connectivity index (χ3v) is 5.12. The molecule has 0 bridgehead atoms. The lowest BCUT2D eigenvalue weighted by molar-refractivity contribution is 0.485. The Hall–Kier alpha value is -0.653. The molecule has 0 heterocycles. The SMILES string of the molecule is C[Si](C)(C)OS(=O)(=O)c1ccccc1.